The first-order chi connectivity index (χ1) is 5.71. The summed E-state index contributed by atoms with van der Waals surface area (Å²) in [6.45, 7) is 1.48. The molecule has 2 N–H and O–H groups in total. The number of hydroxylamine groups is 2. The number of hydrogen-bond donors (Lipinski definition) is 2. The Kier molecular flexibility index (Phi) is 3.34. The van der Waals surface area contributed by atoms with Crippen LogP contribution in [0, 0.1) is 0 Å². The van der Waals surface area contributed by atoms with Crippen LogP contribution in [0.5, 0.6) is 0 Å². The summed E-state index contributed by atoms with van der Waals surface area (Å²) in [5.41, 5.74) is 0. The summed E-state index contributed by atoms with van der Waals surface area (Å²) in [6.07, 6.45) is 0. The molecule has 2 amide bonds. The summed E-state index contributed by atoms with van der Waals surface area (Å²) in [5.74, 6) is -2.50. The maximum Gasteiger partial charge on any atom is 0.376 e. The number of nitrogens with zero attached hydrogens (tertiary/aromatic N) is 2. The Morgan fingerprint density at radius 1 is 1.00 bits per heavy atom. The molecular formula is C4H8N2O6S. The molecule has 0 aromatic rings. The highest BCUT2D eigenvalue weighted by molar-refractivity contribution is 7.87. The molecule has 0 spiro atoms. The molecule has 0 aliphatic rings. The molecule has 0 fully saturated rings. The molecule has 0 aliphatic heterocycles. The third-order valence-corrected chi connectivity index (χ3v) is 2.36. The van der Waals surface area contributed by atoms with Gasteiger partial charge in [0.2, 0.25) is 0 Å². The van der Waals surface area contributed by atoms with Gasteiger partial charge in [-0.05, 0) is 0 Å². The van der Waals surface area contributed by atoms with Gasteiger partial charge in [0.25, 0.3) is 11.8 Å². The van der Waals surface area contributed by atoms with Crippen LogP contribution in [0.25, 0.3) is 0 Å². The molecule has 0 unspecified atom stereocenters. The number of amides is 2. The quantitative estimate of drug-likeness (QED) is 0.434. The van der Waals surface area contributed by atoms with Gasteiger partial charge in [0.05, 0.1) is 0 Å². The lowest BCUT2D eigenvalue weighted by Gasteiger charge is -2.17. The molecule has 0 rings (SSSR count). The van der Waals surface area contributed by atoms with E-state index < -0.39 is 31.0 Å². The topological polar surface area (TPSA) is 115 Å². The predicted molar refractivity (Wildman–Crippen MR) is 37.5 cm³/mol. The van der Waals surface area contributed by atoms with Gasteiger partial charge < -0.3 is 0 Å². The lowest BCUT2D eigenvalue weighted by Crippen LogP contribution is -2.44. The fourth-order valence-electron chi connectivity index (χ4n) is 0.398. The van der Waals surface area contributed by atoms with E-state index in [1.54, 1.807) is 0 Å². The van der Waals surface area contributed by atoms with Gasteiger partial charge in [-0.25, -0.2) is 0 Å². The van der Waals surface area contributed by atoms with Crippen molar-refractivity contribution in [1.82, 2.24) is 8.94 Å². The molecule has 0 aromatic carbocycles. The Hall–Kier alpha value is -1.19. The minimum atomic E-state index is -4.86. The zero-order chi connectivity index (χ0) is 10.8. The Morgan fingerprint density at radius 3 is 1.38 bits per heavy atom. The van der Waals surface area contributed by atoms with Crippen LogP contribution >= 0.6 is 0 Å². The molecule has 0 bridgehead atoms. The summed E-state index contributed by atoms with van der Waals surface area (Å²) < 4.78 is 20.2. The fourth-order valence-corrected chi connectivity index (χ4v) is 1.19. The standard InChI is InChI=1S/C4H8N2O6S/c1-3(7)5(9)13(11,12)6(10)4(2)8/h9-10H,1-2H3. The summed E-state index contributed by atoms with van der Waals surface area (Å²) >= 11 is 0. The summed E-state index contributed by atoms with van der Waals surface area (Å²) in [4.78, 5) is 20.7. The first-order valence-corrected chi connectivity index (χ1v) is 4.35. The van der Waals surface area contributed by atoms with Crippen molar-refractivity contribution in [3.8, 4) is 0 Å². The molecule has 0 saturated carbocycles. The van der Waals surface area contributed by atoms with Crippen LogP contribution in [0.4, 0.5) is 0 Å². The van der Waals surface area contributed by atoms with E-state index >= 15 is 0 Å². The van der Waals surface area contributed by atoms with Crippen molar-refractivity contribution in [2.45, 2.75) is 13.8 Å². The van der Waals surface area contributed by atoms with Crippen molar-refractivity contribution in [2.24, 2.45) is 0 Å². The zero-order valence-corrected chi connectivity index (χ0v) is 7.65. The van der Waals surface area contributed by atoms with Crippen LogP contribution in [-0.2, 0) is 19.8 Å². The van der Waals surface area contributed by atoms with Gasteiger partial charge in [0.15, 0.2) is 0 Å². The molecule has 13 heavy (non-hydrogen) atoms. The molecule has 0 atom stereocenters. The van der Waals surface area contributed by atoms with E-state index in [-0.39, 0.29) is 0 Å². The predicted octanol–water partition coefficient (Wildman–Crippen LogP) is -1.29. The minimum absolute atomic E-state index is 0.742. The van der Waals surface area contributed by atoms with Crippen LogP contribution in [0.1, 0.15) is 13.8 Å². The van der Waals surface area contributed by atoms with E-state index in [4.69, 9.17) is 10.4 Å². The first kappa shape index (κ1) is 11.8. The van der Waals surface area contributed by atoms with Gasteiger partial charge in [-0.15, -0.1) is 0 Å². The van der Waals surface area contributed by atoms with Gasteiger partial charge in [-0.3, -0.25) is 20.0 Å². The summed E-state index contributed by atoms with van der Waals surface area (Å²) in [7, 11) is -4.86. The zero-order valence-electron chi connectivity index (χ0n) is 6.83. The molecule has 8 nitrogen and oxygen atoms in total. The molecule has 0 aliphatic carbocycles. The van der Waals surface area contributed by atoms with Crippen molar-refractivity contribution in [3.05, 3.63) is 0 Å². The molecule has 0 aromatic heterocycles. The second-order valence-corrected chi connectivity index (χ2v) is 3.62. The average molecular weight is 212 g/mol. The van der Waals surface area contributed by atoms with Gasteiger partial charge in [0, 0.05) is 13.8 Å². The fraction of sp³-hybridized carbons (Fsp3) is 0.500. The van der Waals surface area contributed by atoms with E-state index in [1.807, 2.05) is 0 Å². The van der Waals surface area contributed by atoms with Crippen LogP contribution in [-0.4, -0.2) is 39.6 Å². The second-order valence-electron chi connectivity index (χ2n) is 2.03. The third kappa shape index (κ3) is 2.37. The first-order valence-electron chi connectivity index (χ1n) is 2.95. The van der Waals surface area contributed by atoms with E-state index in [1.165, 1.54) is 0 Å². The van der Waals surface area contributed by atoms with E-state index in [0.29, 0.717) is 0 Å². The third-order valence-electron chi connectivity index (χ3n) is 0.976. The molecule has 9 heteroatoms. The average Bonchev–Trinajstić information content (AvgIpc) is 2.01. The highest BCUT2D eigenvalue weighted by Crippen LogP contribution is 2.03. The SMILES string of the molecule is CC(=O)N(O)S(=O)(=O)N(O)C(C)=O. The second kappa shape index (κ2) is 3.68. The van der Waals surface area contributed by atoms with Crippen LogP contribution in [0.2, 0.25) is 0 Å². The van der Waals surface area contributed by atoms with E-state index in [0.717, 1.165) is 13.8 Å². The number of carbonyl (C=O) groups is 2. The lowest BCUT2D eigenvalue weighted by molar-refractivity contribution is -0.152. The molecule has 0 saturated heterocycles. The van der Waals surface area contributed by atoms with Gasteiger partial charge in [-0.2, -0.15) is 8.42 Å². The summed E-state index contributed by atoms with van der Waals surface area (Å²) in [6, 6.07) is 0. The highest BCUT2D eigenvalue weighted by atomic mass is 32.2. The molecule has 0 radical (unpaired) electrons. The monoisotopic (exact) mass is 212 g/mol. The van der Waals surface area contributed by atoms with Crippen molar-refractivity contribution in [3.63, 3.8) is 0 Å². The van der Waals surface area contributed by atoms with Crippen LogP contribution in [0.15, 0.2) is 0 Å². The lowest BCUT2D eigenvalue weighted by atomic mass is 10.8. The van der Waals surface area contributed by atoms with Crippen molar-refractivity contribution in [2.75, 3.05) is 0 Å². The van der Waals surface area contributed by atoms with Crippen molar-refractivity contribution < 1.29 is 28.4 Å². The number of hydrogen-bond acceptors (Lipinski definition) is 6. The van der Waals surface area contributed by atoms with Crippen LogP contribution < -0.4 is 0 Å². The van der Waals surface area contributed by atoms with E-state index in [2.05, 4.69) is 0 Å². The maximum atomic E-state index is 10.8. The van der Waals surface area contributed by atoms with E-state index in [9.17, 15) is 18.0 Å². The van der Waals surface area contributed by atoms with Crippen molar-refractivity contribution in [1.29, 1.82) is 0 Å². The van der Waals surface area contributed by atoms with Gasteiger partial charge in [0.1, 0.15) is 0 Å². The largest absolute Gasteiger partial charge is 0.376 e. The Morgan fingerprint density at radius 2 is 1.23 bits per heavy atom. The minimum Gasteiger partial charge on any atom is -0.272 e. The molecular weight excluding hydrogens is 204 g/mol. The highest BCUT2D eigenvalue weighted by Gasteiger charge is 2.31. The van der Waals surface area contributed by atoms with Crippen molar-refractivity contribution >= 4 is 22.0 Å². The van der Waals surface area contributed by atoms with Crippen LogP contribution in [0.3, 0.4) is 0 Å². The van der Waals surface area contributed by atoms with Gasteiger partial charge >= 0.3 is 10.2 Å². The number of carbonyl (C=O) groups excluding carboxylic acids is 2. The van der Waals surface area contributed by atoms with Gasteiger partial charge in [-0.1, -0.05) is 8.94 Å². The Labute approximate surface area is 74.1 Å². The smallest absolute Gasteiger partial charge is 0.272 e. The normalized spacial score (nSPS) is 10.8. The molecule has 76 valence electrons. The Balaban J connectivity index is 4.99. The number of rotatable bonds is 2. The summed E-state index contributed by atoms with van der Waals surface area (Å²) in [5, 5.41) is 17.2. The molecule has 0 heterocycles. The Bertz CT molecular complexity index is 296. The maximum absolute atomic E-state index is 10.8.